The summed E-state index contributed by atoms with van der Waals surface area (Å²) < 4.78 is 5.46. The molecule has 0 radical (unpaired) electrons. The van der Waals surface area contributed by atoms with Crippen LogP contribution in [0.3, 0.4) is 0 Å². The van der Waals surface area contributed by atoms with Crippen molar-refractivity contribution in [2.45, 2.75) is 260 Å². The number of primary amides is 1. The second kappa shape index (κ2) is 69.5. The molecule has 1 aromatic rings. The third kappa shape index (κ3) is 56.8. The van der Waals surface area contributed by atoms with Crippen LogP contribution in [0, 0.1) is 43.3 Å². The SMILES string of the molecule is CC(=O)N[C@H](CCCNC(=N)N)C(=O)N[C@H](CCCCNC(=N)N)C(=O)N[C@H](CCCNC(=N)N)C(=O)N[C@H](CCCCNC(=N)N)C(=O)NC(CCCNC(=N)N)C(=O)N[C@H](CCCCNC(=N)N)C(=O)N[C@H](CCCCN/C(N)=N/C1CCC1)C(=O)N[C@H](CCCCNC(=N)N)C(=O)N[C@H](CCCNC(=N)N)C(=O)N[C@H](CS)C(=O)NCCOCC(=O)N[C@@H](Cc1ccc(C(C)=O)cc1)C(N)=O. The predicted octanol–water partition coefficient (Wildman–Crippen LogP) is -9.37. The summed E-state index contributed by atoms with van der Waals surface area (Å²) in [5, 5.41) is 118. The van der Waals surface area contributed by atoms with Crippen molar-refractivity contribution in [1.29, 1.82) is 43.3 Å². The molecule has 0 aromatic heterocycles. The lowest BCUT2D eigenvalue weighted by molar-refractivity contribution is -0.136. The molecule has 1 saturated carbocycles. The van der Waals surface area contributed by atoms with Gasteiger partial charge in [-0.15, -0.1) is 0 Å². The second-order valence-corrected chi connectivity index (χ2v) is 33.5. The van der Waals surface area contributed by atoms with Crippen LogP contribution in [-0.2, 0) is 73.5 Å². The van der Waals surface area contributed by atoms with E-state index in [4.69, 9.17) is 105 Å². The Morgan fingerprint density at radius 3 is 0.827 bits per heavy atom. The third-order valence-electron chi connectivity index (χ3n) is 21.3. The Balaban J connectivity index is 2.82. The van der Waals surface area contributed by atoms with Gasteiger partial charge in [0, 0.05) is 90.1 Å². The summed E-state index contributed by atoms with van der Waals surface area (Å²) in [6.45, 7) is 2.48. The fourth-order valence-corrected chi connectivity index (χ4v) is 14.0. The minimum Gasteiger partial charge on any atom is -0.370 e. The van der Waals surface area contributed by atoms with Crippen molar-refractivity contribution in [1.82, 2.24) is 112 Å². The number of rotatable bonds is 73. The highest BCUT2D eigenvalue weighted by atomic mass is 32.1. The molecule has 0 saturated heterocycles. The molecule has 1 unspecified atom stereocenters. The summed E-state index contributed by atoms with van der Waals surface area (Å²) in [5.74, 6) is -14.6. The number of Topliss-reactive ketones (excluding diaryl/α,β-unsaturated/α-hetero) is 1. The highest BCUT2D eigenvalue weighted by Gasteiger charge is 2.37. The molecule has 139 heavy (non-hydrogen) atoms. The zero-order valence-corrected chi connectivity index (χ0v) is 80.2. The van der Waals surface area contributed by atoms with Crippen LogP contribution in [0.1, 0.15) is 197 Å². The number of nitrogens with two attached hydrogens (primary N) is 10. The highest BCUT2D eigenvalue weighted by molar-refractivity contribution is 7.80. The number of guanidine groups is 9. The summed E-state index contributed by atoms with van der Waals surface area (Å²) in [6.07, 6.45) is 3.85. The smallest absolute Gasteiger partial charge is 0.246 e. The summed E-state index contributed by atoms with van der Waals surface area (Å²) in [6, 6.07) is -9.53. The minimum atomic E-state index is -1.61. The van der Waals surface area contributed by atoms with Crippen molar-refractivity contribution in [3.05, 3.63) is 35.4 Å². The topological polar surface area (TPSA) is 964 Å². The first-order valence-electron chi connectivity index (χ1n) is 46.3. The van der Waals surface area contributed by atoms with E-state index in [1.54, 1.807) is 24.3 Å². The molecule has 1 aliphatic rings. The number of nitrogens with zero attached hydrogens (tertiary/aromatic N) is 1. The molecule has 13 amide bonds. The number of unbranched alkanes of at least 4 members (excludes halogenated alkanes) is 5. The molecule has 1 aliphatic carbocycles. The van der Waals surface area contributed by atoms with E-state index in [-0.39, 0.29) is 267 Å². The first kappa shape index (κ1) is 121. The highest BCUT2D eigenvalue weighted by Crippen LogP contribution is 2.22. The number of benzene rings is 1. The van der Waals surface area contributed by atoms with E-state index in [1.165, 1.54) is 13.8 Å². The van der Waals surface area contributed by atoms with E-state index in [0.717, 1.165) is 19.3 Å². The number of carbonyl (C=O) groups excluding carboxylic acids is 14. The normalized spacial score (nSPS) is 13.9. The van der Waals surface area contributed by atoms with Gasteiger partial charge in [0.1, 0.15) is 73.1 Å². The number of ketones is 1. The number of aliphatic imine (C=N–C) groups is 1. The van der Waals surface area contributed by atoms with Crippen LogP contribution in [0.2, 0.25) is 0 Å². The van der Waals surface area contributed by atoms with Gasteiger partial charge in [-0.2, -0.15) is 12.6 Å². The van der Waals surface area contributed by atoms with Crippen LogP contribution >= 0.6 is 12.6 Å². The molecule has 0 aliphatic heterocycles. The van der Waals surface area contributed by atoms with Gasteiger partial charge in [-0.1, -0.05) is 24.3 Å². The largest absolute Gasteiger partial charge is 0.370 e. The quantitative estimate of drug-likeness (QED) is 0.00947. The lowest BCUT2D eigenvalue weighted by Gasteiger charge is -2.29. The van der Waals surface area contributed by atoms with Gasteiger partial charge in [-0.05, 0) is 179 Å². The monoisotopic (exact) mass is 1980 g/mol. The van der Waals surface area contributed by atoms with Gasteiger partial charge >= 0.3 is 0 Å². The average molecular weight is 1980 g/mol. The molecule has 2 rings (SSSR count). The van der Waals surface area contributed by atoms with E-state index in [9.17, 15) is 38.4 Å². The van der Waals surface area contributed by atoms with Crippen LogP contribution in [0.4, 0.5) is 0 Å². The first-order chi connectivity index (χ1) is 66.0. The van der Waals surface area contributed by atoms with Gasteiger partial charge in [-0.25, -0.2) is 0 Å². The lowest BCUT2D eigenvalue weighted by Crippen LogP contribution is -2.60. The molecular weight excluding hydrogens is 1830 g/mol. The molecule has 56 heteroatoms. The number of thiol groups is 1. The van der Waals surface area contributed by atoms with Gasteiger partial charge in [0.15, 0.2) is 59.4 Å². The van der Waals surface area contributed by atoms with Gasteiger partial charge in [0.05, 0.1) is 12.6 Å². The third-order valence-corrected chi connectivity index (χ3v) is 21.7. The Kier molecular flexibility index (Phi) is 60.4. The maximum atomic E-state index is 15.4. The Bertz CT molecular complexity index is 4220. The predicted molar refractivity (Wildman–Crippen MR) is 527 cm³/mol. The van der Waals surface area contributed by atoms with E-state index in [1.807, 2.05) is 0 Å². The Morgan fingerprint density at radius 2 is 0.583 bits per heavy atom. The zero-order valence-electron chi connectivity index (χ0n) is 79.3. The Morgan fingerprint density at radius 1 is 0.324 bits per heavy atom. The van der Waals surface area contributed by atoms with Crippen LogP contribution in [-0.4, -0.2) is 293 Å². The Hall–Kier alpha value is -14.3. The molecule has 11 atom stereocenters. The zero-order chi connectivity index (χ0) is 104. The molecule has 0 spiro atoms. The van der Waals surface area contributed by atoms with Crippen molar-refractivity contribution >= 4 is 149 Å². The number of carbonyl (C=O) groups is 14. The molecule has 780 valence electrons. The van der Waals surface area contributed by atoms with Gasteiger partial charge < -0.3 is 174 Å². The van der Waals surface area contributed by atoms with Gasteiger partial charge in [0.2, 0.25) is 76.8 Å². The van der Waals surface area contributed by atoms with Crippen LogP contribution in [0.25, 0.3) is 0 Å². The summed E-state index contributed by atoms with van der Waals surface area (Å²) in [5.41, 5.74) is 57.5. The fraction of sp³-hybridized carbons (Fsp3) is 0.651. The van der Waals surface area contributed by atoms with E-state index in [2.05, 4.69) is 129 Å². The molecule has 0 heterocycles. The van der Waals surface area contributed by atoms with E-state index >= 15 is 28.8 Å². The second-order valence-electron chi connectivity index (χ2n) is 33.1. The van der Waals surface area contributed by atoms with Crippen molar-refractivity contribution in [2.24, 2.45) is 62.3 Å². The van der Waals surface area contributed by atoms with E-state index in [0.29, 0.717) is 24.0 Å². The number of hydrogen-bond acceptors (Lipinski definition) is 25. The first-order valence-corrected chi connectivity index (χ1v) is 47.0. The van der Waals surface area contributed by atoms with Crippen molar-refractivity contribution in [3.8, 4) is 0 Å². The molecule has 0 bridgehead atoms. The van der Waals surface area contributed by atoms with Crippen molar-refractivity contribution < 1.29 is 71.9 Å². The van der Waals surface area contributed by atoms with Crippen LogP contribution in [0.15, 0.2) is 29.3 Å². The maximum Gasteiger partial charge on any atom is 0.246 e. The number of hydrogen-bond donors (Lipinski definition) is 40. The molecule has 49 N–H and O–H groups in total. The maximum absolute atomic E-state index is 15.4. The summed E-state index contributed by atoms with van der Waals surface area (Å²) >= 11 is 4.32. The van der Waals surface area contributed by atoms with Crippen LogP contribution in [0.5, 0.6) is 0 Å². The van der Waals surface area contributed by atoms with Crippen molar-refractivity contribution in [3.63, 3.8) is 0 Å². The summed E-state index contributed by atoms with van der Waals surface area (Å²) in [4.78, 5) is 202. The van der Waals surface area contributed by atoms with Gasteiger partial charge in [0.25, 0.3) is 0 Å². The molecule has 1 aromatic carbocycles. The lowest BCUT2D eigenvalue weighted by atomic mass is 9.94. The number of nitrogens with one attached hydrogen (secondary N) is 29. The summed E-state index contributed by atoms with van der Waals surface area (Å²) in [7, 11) is 0. The molecular formula is C83H152N40O15S. The molecule has 55 nitrogen and oxygen atoms in total. The minimum absolute atomic E-state index is 0.00101. The average Bonchev–Trinajstić information content (AvgIpc) is 0.846. The Labute approximate surface area is 813 Å². The van der Waals surface area contributed by atoms with Crippen molar-refractivity contribution in [2.75, 3.05) is 84.4 Å². The molecule has 1 fully saturated rings. The number of amides is 13. The standard InChI is InChI=1S/C83H152N40O15S/c1-47(124)50-31-29-49(30-32-50)44-61(64(84)127)114-63(126)45-138-43-42-102-65(128)62(46-139)123-74(137)60(28-17-41-110-82(99)100)122-71(134)55(22-5-10-35-105-77(89)90)116-68(131)57(24-7-12-37-111-83(101)113-51-18-13-19-51)117-67(130)54(21-4-9-34-104-76(87)88)118-72(135)59(27-16-40-109-81(97)98)121-70(133)56(23-6-11-36-106-78(91)92)119-73(136)58(26-15-39-108-80(95)96)120-69(132)53(20-3-8-33-103-75(85)86)115-66(129)52(112-48(2)125)25-14-38-107-79(93)94/h29-32,51-62,139H,3-28,33-46H2,1-2H3,(H2,84,127)(H,102,128)(H,112,125)(H,114,126)(H,115,129)(H,116,131)(H,117,130)(H,118,135)(H,119,136)(H,120,132)(H,121,133)(H,122,134)(H,123,137)(H4,85,86,103)(H4,87,88,104)(H4,89,90,105)(H4,91,92,106)(H4,93,94,107)(H4,95,96,108)(H4,97,98,109)(H4,99,100,110)(H3,101,111,113)/t52-,53-,54-,55-,56-,57-,58-,59?,60-,61+,62-/m1/s1. The van der Waals surface area contributed by atoms with E-state index < -0.39 is 168 Å². The fourth-order valence-electron chi connectivity index (χ4n) is 13.8. The van der Waals surface area contributed by atoms with Gasteiger partial charge in [-0.3, -0.25) is 115 Å². The van der Waals surface area contributed by atoms with Crippen LogP contribution < -0.4 is 169 Å². The number of ether oxygens (including phenoxy) is 1.